The Balaban J connectivity index is 1.03. The Kier molecular flexibility index (Phi) is 7.86. The first-order valence-electron chi connectivity index (χ1n) is 21.4. The Morgan fingerprint density at radius 2 is 0.836 bits per heavy atom. The van der Waals surface area contributed by atoms with Crippen LogP contribution in [0.25, 0.3) is 87.2 Å². The summed E-state index contributed by atoms with van der Waals surface area (Å²) in [4.78, 5) is 2.49. The van der Waals surface area contributed by atoms with Gasteiger partial charge in [-0.1, -0.05) is 184 Å². The van der Waals surface area contributed by atoms with E-state index >= 15 is 0 Å². The molecule has 0 atom stereocenters. The summed E-state index contributed by atoms with van der Waals surface area (Å²) in [6.45, 7) is 7.03. The summed E-state index contributed by atoms with van der Waals surface area (Å²) >= 11 is 0. The van der Waals surface area contributed by atoms with Crippen LogP contribution in [0.4, 0.5) is 17.1 Å². The zero-order chi connectivity index (χ0) is 40.8. The fourth-order valence-electron chi connectivity index (χ4n) is 10.6. The highest BCUT2D eigenvalue weighted by molar-refractivity contribution is 6.22. The van der Waals surface area contributed by atoms with Gasteiger partial charge in [0.15, 0.2) is 0 Å². The van der Waals surface area contributed by atoms with E-state index in [2.05, 4.69) is 232 Å². The summed E-state index contributed by atoms with van der Waals surface area (Å²) in [6.07, 6.45) is 0. The molecule has 12 rings (SSSR count). The highest BCUT2D eigenvalue weighted by atomic mass is 15.1. The van der Waals surface area contributed by atoms with Crippen molar-refractivity contribution in [2.24, 2.45) is 0 Å². The molecule has 0 unspecified atom stereocenters. The lowest BCUT2D eigenvalue weighted by Crippen LogP contribution is -2.17. The maximum Gasteiger partial charge on any atom is 0.0540 e. The monoisotopic (exact) mass is 777 g/mol. The number of fused-ring (bicyclic) bond motifs is 8. The van der Waals surface area contributed by atoms with Crippen molar-refractivity contribution in [3.63, 3.8) is 0 Å². The van der Waals surface area contributed by atoms with Gasteiger partial charge in [-0.25, -0.2) is 0 Å². The molecule has 0 amide bonds. The molecule has 0 fully saturated rings. The van der Waals surface area contributed by atoms with Crippen LogP contribution in [0.2, 0.25) is 0 Å². The SMILES string of the molecule is Cc1ccc(N(c2ccc3c(c2)C(C)(C)c2cc(-c4c5ccccc5c(-c5ccc6ccccc6c5)c5ccccc45)ccc2-3)c2cccc3ccccc23)c2ccccc12. The number of rotatable bonds is 5. The van der Waals surface area contributed by atoms with E-state index in [1.165, 1.54) is 115 Å². The first-order chi connectivity index (χ1) is 29.9. The average Bonchev–Trinajstić information content (AvgIpc) is 3.53. The summed E-state index contributed by atoms with van der Waals surface area (Å²) < 4.78 is 0. The molecule has 1 heteroatoms. The quantitative estimate of drug-likeness (QED) is 0.157. The highest BCUT2D eigenvalue weighted by Gasteiger charge is 2.37. The summed E-state index contributed by atoms with van der Waals surface area (Å²) in [6, 6.07) is 76.8. The van der Waals surface area contributed by atoms with Crippen molar-refractivity contribution in [3.05, 3.63) is 223 Å². The largest absolute Gasteiger partial charge is 0.309 e. The lowest BCUT2D eigenvalue weighted by Gasteiger charge is -2.30. The molecule has 1 aliphatic rings. The van der Waals surface area contributed by atoms with Crippen molar-refractivity contribution in [1.82, 2.24) is 0 Å². The Hall–Kier alpha value is -7.48. The van der Waals surface area contributed by atoms with Crippen molar-refractivity contribution < 1.29 is 0 Å². The summed E-state index contributed by atoms with van der Waals surface area (Å²) in [5.74, 6) is 0. The predicted octanol–water partition coefficient (Wildman–Crippen LogP) is 16.9. The average molecular weight is 778 g/mol. The van der Waals surface area contributed by atoms with E-state index in [1.54, 1.807) is 0 Å². The third-order valence-corrected chi connectivity index (χ3v) is 13.5. The smallest absolute Gasteiger partial charge is 0.0540 e. The van der Waals surface area contributed by atoms with Gasteiger partial charge in [0.25, 0.3) is 0 Å². The molecule has 11 aromatic rings. The number of benzene rings is 11. The van der Waals surface area contributed by atoms with E-state index in [4.69, 9.17) is 0 Å². The van der Waals surface area contributed by atoms with E-state index < -0.39 is 0 Å². The lowest BCUT2D eigenvalue weighted by molar-refractivity contribution is 0.660. The van der Waals surface area contributed by atoms with Gasteiger partial charge in [0.1, 0.15) is 0 Å². The van der Waals surface area contributed by atoms with Crippen LogP contribution < -0.4 is 4.90 Å². The molecule has 0 heterocycles. The molecule has 61 heavy (non-hydrogen) atoms. The maximum atomic E-state index is 2.49. The molecule has 0 bridgehead atoms. The molecule has 1 aliphatic carbocycles. The van der Waals surface area contributed by atoms with Crippen LogP contribution in [0.15, 0.2) is 206 Å². The molecular weight excluding hydrogens is 735 g/mol. The van der Waals surface area contributed by atoms with Gasteiger partial charge in [0, 0.05) is 21.9 Å². The van der Waals surface area contributed by atoms with Gasteiger partial charge in [0.05, 0.1) is 11.4 Å². The van der Waals surface area contributed by atoms with Crippen molar-refractivity contribution in [1.29, 1.82) is 0 Å². The first kappa shape index (κ1) is 35.5. The summed E-state index contributed by atoms with van der Waals surface area (Å²) in [5.41, 5.74) is 15.0. The standard InChI is InChI=1S/C60H43N/c1-38-27-34-57(49-21-9-8-19-45(38)49)61(56-26-14-18-40-16-6-7-20-46(40)56)44-31-33-48-47-32-30-43(36-54(47)60(2,3)55(48)37-44)59-52-24-12-10-22-50(52)58(51-23-11-13-25-53(51)59)42-29-28-39-15-4-5-17-41(39)35-42/h4-37H,1-3H3. The molecule has 0 saturated heterocycles. The van der Waals surface area contributed by atoms with Crippen LogP contribution >= 0.6 is 0 Å². The van der Waals surface area contributed by atoms with E-state index in [0.29, 0.717) is 0 Å². The number of hydrogen-bond donors (Lipinski definition) is 0. The minimum Gasteiger partial charge on any atom is -0.309 e. The second-order valence-electron chi connectivity index (χ2n) is 17.3. The topological polar surface area (TPSA) is 3.24 Å². The molecule has 0 N–H and O–H groups in total. The Morgan fingerprint density at radius 1 is 0.344 bits per heavy atom. The van der Waals surface area contributed by atoms with Gasteiger partial charge in [-0.05, 0) is 136 Å². The zero-order valence-corrected chi connectivity index (χ0v) is 34.6. The van der Waals surface area contributed by atoms with Crippen LogP contribution in [0.1, 0.15) is 30.5 Å². The third kappa shape index (κ3) is 5.40. The number of anilines is 3. The zero-order valence-electron chi connectivity index (χ0n) is 34.6. The summed E-state index contributed by atoms with van der Waals surface area (Å²) in [7, 11) is 0. The van der Waals surface area contributed by atoms with E-state index in [9.17, 15) is 0 Å². The second-order valence-corrected chi connectivity index (χ2v) is 17.3. The Bertz CT molecular complexity index is 3530. The number of nitrogens with zero attached hydrogens (tertiary/aromatic N) is 1. The molecule has 0 aliphatic heterocycles. The Labute approximate surface area is 356 Å². The molecule has 0 aromatic heterocycles. The number of aryl methyl sites for hydroxylation is 1. The highest BCUT2D eigenvalue weighted by Crippen LogP contribution is 2.53. The molecule has 0 radical (unpaired) electrons. The van der Waals surface area contributed by atoms with Crippen LogP contribution in [0, 0.1) is 6.92 Å². The van der Waals surface area contributed by atoms with Gasteiger partial charge in [-0.3, -0.25) is 0 Å². The molecule has 0 saturated carbocycles. The lowest BCUT2D eigenvalue weighted by atomic mass is 9.80. The van der Waals surface area contributed by atoms with E-state index in [0.717, 1.165) is 5.69 Å². The minimum absolute atomic E-state index is 0.243. The number of hydrogen-bond acceptors (Lipinski definition) is 1. The third-order valence-electron chi connectivity index (χ3n) is 13.5. The minimum atomic E-state index is -0.243. The van der Waals surface area contributed by atoms with Gasteiger partial charge in [0.2, 0.25) is 0 Å². The van der Waals surface area contributed by atoms with Gasteiger partial charge >= 0.3 is 0 Å². The predicted molar refractivity (Wildman–Crippen MR) is 262 cm³/mol. The molecule has 1 nitrogen and oxygen atoms in total. The van der Waals surface area contributed by atoms with Gasteiger partial charge < -0.3 is 4.90 Å². The van der Waals surface area contributed by atoms with E-state index in [-0.39, 0.29) is 5.41 Å². The summed E-state index contributed by atoms with van der Waals surface area (Å²) in [5, 5.41) is 12.6. The van der Waals surface area contributed by atoms with Gasteiger partial charge in [-0.15, -0.1) is 0 Å². The van der Waals surface area contributed by atoms with Gasteiger partial charge in [-0.2, -0.15) is 0 Å². The Morgan fingerprint density at radius 3 is 1.52 bits per heavy atom. The van der Waals surface area contributed by atoms with Crippen molar-refractivity contribution in [2.45, 2.75) is 26.2 Å². The molecule has 288 valence electrons. The second kappa shape index (κ2) is 13.5. The van der Waals surface area contributed by atoms with Crippen LogP contribution in [-0.4, -0.2) is 0 Å². The van der Waals surface area contributed by atoms with Crippen molar-refractivity contribution in [3.8, 4) is 33.4 Å². The van der Waals surface area contributed by atoms with Crippen LogP contribution in [0.3, 0.4) is 0 Å². The van der Waals surface area contributed by atoms with E-state index in [1.807, 2.05) is 0 Å². The molecule has 11 aromatic carbocycles. The van der Waals surface area contributed by atoms with Crippen molar-refractivity contribution in [2.75, 3.05) is 4.90 Å². The first-order valence-corrected chi connectivity index (χ1v) is 21.4. The fourth-order valence-corrected chi connectivity index (χ4v) is 10.6. The normalized spacial score (nSPS) is 13.0. The van der Waals surface area contributed by atoms with Crippen molar-refractivity contribution >= 4 is 70.9 Å². The van der Waals surface area contributed by atoms with Crippen LogP contribution in [0.5, 0.6) is 0 Å². The van der Waals surface area contributed by atoms with Crippen LogP contribution in [-0.2, 0) is 5.41 Å². The molecular formula is C60H43N. The maximum absolute atomic E-state index is 2.49. The molecule has 0 spiro atoms. The fraction of sp³-hybridized carbons (Fsp3) is 0.0667.